The van der Waals surface area contributed by atoms with Crippen LogP contribution >= 0.6 is 15.9 Å². The Morgan fingerprint density at radius 2 is 2.38 bits per heavy atom. The highest BCUT2D eigenvalue weighted by atomic mass is 79.9. The van der Waals surface area contributed by atoms with Crippen LogP contribution < -0.4 is 5.43 Å². The minimum Gasteiger partial charge on any atom is -0.507 e. The van der Waals surface area contributed by atoms with Crippen LogP contribution in [0.5, 0.6) is 5.75 Å². The molecule has 3 N–H and O–H groups in total. The first-order valence-corrected chi connectivity index (χ1v) is 5.06. The van der Waals surface area contributed by atoms with Crippen LogP contribution in [0.4, 0.5) is 5.95 Å². The summed E-state index contributed by atoms with van der Waals surface area (Å²) in [6, 6.07) is 5.04. The molecule has 16 heavy (non-hydrogen) atoms. The molecule has 0 aliphatic heterocycles. The van der Waals surface area contributed by atoms with Gasteiger partial charge in [-0.15, -0.1) is 5.10 Å². The number of aromatic hydroxyl groups is 1. The Kier molecular flexibility index (Phi) is 3.10. The summed E-state index contributed by atoms with van der Waals surface area (Å²) in [6.07, 6.45) is 1.45. The fourth-order valence-corrected chi connectivity index (χ4v) is 1.38. The van der Waals surface area contributed by atoms with Gasteiger partial charge in [-0.1, -0.05) is 21.0 Å². The van der Waals surface area contributed by atoms with Gasteiger partial charge < -0.3 is 5.11 Å². The zero-order chi connectivity index (χ0) is 11.4. The predicted octanol–water partition coefficient (Wildman–Crippen LogP) is 1.11. The molecule has 0 bridgehead atoms. The number of nitrogens with one attached hydrogen (secondary N) is 2. The number of phenols is 1. The Morgan fingerprint density at radius 1 is 1.50 bits per heavy atom. The number of aromatic amines is 1. The first-order chi connectivity index (χ1) is 7.75. The molecule has 0 aliphatic carbocycles. The Hall–Kier alpha value is -1.96. The van der Waals surface area contributed by atoms with E-state index < -0.39 is 0 Å². The van der Waals surface area contributed by atoms with Gasteiger partial charge in [0.15, 0.2) is 0 Å². The van der Waals surface area contributed by atoms with Crippen molar-refractivity contribution in [3.05, 3.63) is 28.2 Å². The van der Waals surface area contributed by atoms with Crippen LogP contribution in [0.1, 0.15) is 5.56 Å². The monoisotopic (exact) mass is 282 g/mol. The molecule has 1 aromatic carbocycles. The van der Waals surface area contributed by atoms with Crippen molar-refractivity contribution in [2.24, 2.45) is 5.10 Å². The number of H-pyrrole nitrogens is 1. The molecular weight excluding hydrogens is 276 g/mol. The lowest BCUT2D eigenvalue weighted by atomic mass is 10.2. The van der Waals surface area contributed by atoms with Crippen molar-refractivity contribution in [2.45, 2.75) is 0 Å². The number of rotatable bonds is 3. The number of nitrogens with zero attached hydrogens (tertiary/aromatic N) is 4. The number of phenolic OH excluding ortho intramolecular Hbond substituents is 1. The van der Waals surface area contributed by atoms with Gasteiger partial charge in [-0.25, -0.2) is 5.43 Å². The Morgan fingerprint density at radius 3 is 3.12 bits per heavy atom. The molecule has 82 valence electrons. The van der Waals surface area contributed by atoms with Crippen molar-refractivity contribution >= 4 is 28.1 Å². The molecule has 2 aromatic rings. The summed E-state index contributed by atoms with van der Waals surface area (Å²) in [5, 5.41) is 26.3. The van der Waals surface area contributed by atoms with E-state index in [1.165, 1.54) is 6.21 Å². The maximum atomic E-state index is 9.50. The number of tetrazole rings is 1. The van der Waals surface area contributed by atoms with Gasteiger partial charge in [0.25, 0.3) is 5.95 Å². The third-order valence-corrected chi connectivity index (χ3v) is 2.20. The summed E-state index contributed by atoms with van der Waals surface area (Å²) in [6.45, 7) is 0. The van der Waals surface area contributed by atoms with Gasteiger partial charge in [-0.3, -0.25) is 0 Å². The fourth-order valence-electron chi connectivity index (χ4n) is 0.997. The van der Waals surface area contributed by atoms with Crippen LogP contribution in [0.2, 0.25) is 0 Å². The number of hydrazone groups is 1. The lowest BCUT2D eigenvalue weighted by Gasteiger charge is -1.98. The van der Waals surface area contributed by atoms with E-state index in [1.54, 1.807) is 18.2 Å². The van der Waals surface area contributed by atoms with Gasteiger partial charge in [-0.05, 0) is 23.4 Å². The van der Waals surface area contributed by atoms with Crippen LogP contribution in [0, 0.1) is 0 Å². The highest BCUT2D eigenvalue weighted by Crippen LogP contribution is 2.19. The molecule has 1 heterocycles. The SMILES string of the molecule is Oc1ccc(Br)cc1C=NNc1nn[nH]n1. The normalized spacial score (nSPS) is 10.8. The molecule has 0 saturated heterocycles. The number of hydrogen-bond donors (Lipinski definition) is 3. The van der Waals surface area contributed by atoms with E-state index in [1.807, 2.05) is 0 Å². The van der Waals surface area contributed by atoms with E-state index in [0.717, 1.165) is 4.47 Å². The molecule has 0 radical (unpaired) electrons. The average Bonchev–Trinajstić information content (AvgIpc) is 2.76. The molecule has 0 aliphatic rings. The smallest absolute Gasteiger partial charge is 0.283 e. The van der Waals surface area contributed by atoms with Crippen LogP contribution in [0.15, 0.2) is 27.8 Å². The highest BCUT2D eigenvalue weighted by molar-refractivity contribution is 9.10. The van der Waals surface area contributed by atoms with Crippen molar-refractivity contribution in [2.75, 3.05) is 5.43 Å². The standard InChI is InChI=1S/C8H7BrN6O/c9-6-1-2-7(16)5(3-6)4-10-11-8-12-14-15-13-8/h1-4,16H,(H2,11,12,13,14,15). The number of halogens is 1. The van der Waals surface area contributed by atoms with Crippen LogP contribution in [-0.2, 0) is 0 Å². The molecule has 2 rings (SSSR count). The molecule has 0 fully saturated rings. The van der Waals surface area contributed by atoms with E-state index >= 15 is 0 Å². The summed E-state index contributed by atoms with van der Waals surface area (Å²) < 4.78 is 0.853. The van der Waals surface area contributed by atoms with Crippen molar-refractivity contribution in [3.8, 4) is 5.75 Å². The van der Waals surface area contributed by atoms with E-state index in [-0.39, 0.29) is 11.7 Å². The third-order valence-electron chi connectivity index (χ3n) is 1.70. The Bertz CT molecular complexity index is 497. The average molecular weight is 283 g/mol. The first kappa shape index (κ1) is 10.6. The predicted molar refractivity (Wildman–Crippen MR) is 61.2 cm³/mol. The van der Waals surface area contributed by atoms with Crippen molar-refractivity contribution in [1.82, 2.24) is 20.6 Å². The van der Waals surface area contributed by atoms with Gasteiger partial charge in [0.1, 0.15) is 5.75 Å². The largest absolute Gasteiger partial charge is 0.507 e. The van der Waals surface area contributed by atoms with E-state index in [4.69, 9.17) is 0 Å². The minimum atomic E-state index is 0.141. The lowest BCUT2D eigenvalue weighted by Crippen LogP contribution is -1.93. The number of aromatic nitrogens is 4. The number of benzene rings is 1. The molecule has 0 amide bonds. The van der Waals surface area contributed by atoms with E-state index in [0.29, 0.717) is 5.56 Å². The fraction of sp³-hybridized carbons (Fsp3) is 0. The first-order valence-electron chi connectivity index (χ1n) is 4.27. The van der Waals surface area contributed by atoms with Crippen LogP contribution in [-0.4, -0.2) is 31.9 Å². The number of anilines is 1. The Labute approximate surface area is 98.7 Å². The van der Waals surface area contributed by atoms with E-state index in [9.17, 15) is 5.11 Å². The molecule has 0 spiro atoms. The molecule has 8 heteroatoms. The summed E-state index contributed by atoms with van der Waals surface area (Å²) in [5.74, 6) is 0.396. The number of hydrogen-bond acceptors (Lipinski definition) is 6. The molecule has 0 unspecified atom stereocenters. The molecular formula is C8H7BrN6O. The van der Waals surface area contributed by atoms with Crippen LogP contribution in [0.25, 0.3) is 0 Å². The Balaban J connectivity index is 2.08. The molecule has 7 nitrogen and oxygen atoms in total. The van der Waals surface area contributed by atoms with E-state index in [2.05, 4.69) is 47.1 Å². The zero-order valence-corrected chi connectivity index (χ0v) is 9.51. The minimum absolute atomic E-state index is 0.141. The summed E-state index contributed by atoms with van der Waals surface area (Å²) in [4.78, 5) is 0. The summed E-state index contributed by atoms with van der Waals surface area (Å²) >= 11 is 3.29. The summed E-state index contributed by atoms with van der Waals surface area (Å²) in [5.41, 5.74) is 3.12. The second-order valence-electron chi connectivity index (χ2n) is 2.81. The van der Waals surface area contributed by atoms with Gasteiger partial charge in [0.05, 0.1) is 6.21 Å². The van der Waals surface area contributed by atoms with Gasteiger partial charge in [0.2, 0.25) is 0 Å². The molecule has 0 atom stereocenters. The van der Waals surface area contributed by atoms with Gasteiger partial charge in [0, 0.05) is 10.0 Å². The maximum Gasteiger partial charge on any atom is 0.283 e. The second-order valence-corrected chi connectivity index (χ2v) is 3.72. The van der Waals surface area contributed by atoms with Crippen LogP contribution in [0.3, 0.4) is 0 Å². The quantitative estimate of drug-likeness (QED) is 0.579. The second kappa shape index (κ2) is 4.71. The molecule has 0 saturated carbocycles. The third kappa shape index (κ3) is 2.54. The highest BCUT2D eigenvalue weighted by Gasteiger charge is 1.98. The van der Waals surface area contributed by atoms with Crippen molar-refractivity contribution in [3.63, 3.8) is 0 Å². The van der Waals surface area contributed by atoms with Gasteiger partial charge >= 0.3 is 0 Å². The topological polar surface area (TPSA) is 99.1 Å². The van der Waals surface area contributed by atoms with Crippen molar-refractivity contribution < 1.29 is 5.11 Å². The zero-order valence-electron chi connectivity index (χ0n) is 7.92. The maximum absolute atomic E-state index is 9.50. The summed E-state index contributed by atoms with van der Waals surface area (Å²) in [7, 11) is 0. The van der Waals surface area contributed by atoms with Crippen molar-refractivity contribution in [1.29, 1.82) is 0 Å². The van der Waals surface area contributed by atoms with Gasteiger partial charge in [-0.2, -0.15) is 10.3 Å². The molecule has 1 aromatic heterocycles. The lowest BCUT2D eigenvalue weighted by molar-refractivity contribution is 0.474.